The summed E-state index contributed by atoms with van der Waals surface area (Å²) in [5, 5.41) is 2.64. The van der Waals surface area contributed by atoms with Gasteiger partial charge in [-0.2, -0.15) is 0 Å². The fourth-order valence-corrected chi connectivity index (χ4v) is 2.07. The highest BCUT2D eigenvalue weighted by atomic mass is 16.1. The number of aldehydes is 1. The Morgan fingerprint density at radius 2 is 1.82 bits per heavy atom. The van der Waals surface area contributed by atoms with Gasteiger partial charge in [0.05, 0.1) is 0 Å². The molecule has 2 rings (SSSR count). The zero-order valence-electron chi connectivity index (χ0n) is 9.80. The summed E-state index contributed by atoms with van der Waals surface area (Å²) in [7, 11) is 0. The minimum absolute atomic E-state index is 0.831. The van der Waals surface area contributed by atoms with Gasteiger partial charge in [-0.15, -0.1) is 0 Å². The van der Waals surface area contributed by atoms with Gasteiger partial charge in [-0.1, -0.05) is 48.5 Å². The zero-order valence-corrected chi connectivity index (χ0v) is 9.80. The number of hydrogen-bond acceptors (Lipinski definition) is 1. The molecule has 2 aromatic carbocycles. The van der Waals surface area contributed by atoms with Crippen LogP contribution in [0.25, 0.3) is 10.8 Å². The van der Waals surface area contributed by atoms with E-state index < -0.39 is 0 Å². The molecule has 0 unspecified atom stereocenters. The van der Waals surface area contributed by atoms with Gasteiger partial charge in [-0.25, -0.2) is 0 Å². The minimum Gasteiger partial charge on any atom is -0.299 e. The molecule has 0 saturated heterocycles. The van der Waals surface area contributed by atoms with Gasteiger partial charge in [0.15, 0.2) is 0 Å². The van der Waals surface area contributed by atoms with E-state index in [0.717, 1.165) is 25.5 Å². The molecule has 0 aliphatic heterocycles. The summed E-state index contributed by atoms with van der Waals surface area (Å²) in [5.74, 6) is 0. The molecule has 86 valence electrons. The Morgan fingerprint density at radius 3 is 2.71 bits per heavy atom. The molecule has 17 heavy (non-hydrogen) atoms. The lowest BCUT2D eigenvalue weighted by molar-refractivity contribution is -0.104. The molecule has 0 aliphatic carbocycles. The van der Waals surface area contributed by atoms with Crippen LogP contribution in [0.2, 0.25) is 0 Å². The van der Waals surface area contributed by atoms with Crippen LogP contribution in [-0.4, -0.2) is 6.29 Å². The Bertz CT molecular complexity index is 521. The van der Waals surface area contributed by atoms with E-state index in [-0.39, 0.29) is 0 Å². The maximum Gasteiger partial charge on any atom is 0.142 e. The zero-order chi connectivity index (χ0) is 11.9. The number of hydrogen-bond donors (Lipinski definition) is 0. The molecular weight excluding hydrogens is 208 g/mol. The normalized spacial score (nSPS) is 11.1. The van der Waals surface area contributed by atoms with E-state index >= 15 is 0 Å². The van der Waals surface area contributed by atoms with Crippen LogP contribution in [0, 0.1) is 0 Å². The van der Waals surface area contributed by atoms with E-state index in [0.29, 0.717) is 0 Å². The van der Waals surface area contributed by atoms with E-state index in [9.17, 15) is 4.79 Å². The Labute approximate surface area is 102 Å². The number of carbonyl (C=O) groups is 1. The highest BCUT2D eigenvalue weighted by molar-refractivity contribution is 5.85. The molecule has 0 radical (unpaired) electrons. The smallest absolute Gasteiger partial charge is 0.142 e. The van der Waals surface area contributed by atoms with Gasteiger partial charge >= 0.3 is 0 Å². The van der Waals surface area contributed by atoms with Crippen molar-refractivity contribution in [1.82, 2.24) is 0 Å². The van der Waals surface area contributed by atoms with Gasteiger partial charge in [0.25, 0.3) is 0 Å². The number of allylic oxidation sites excluding steroid dienone is 2. The van der Waals surface area contributed by atoms with Crippen molar-refractivity contribution in [3.05, 3.63) is 60.2 Å². The van der Waals surface area contributed by atoms with Gasteiger partial charge in [-0.05, 0) is 41.7 Å². The molecular formula is C16H16O. The minimum atomic E-state index is 0.831. The van der Waals surface area contributed by atoms with Crippen LogP contribution in [0.4, 0.5) is 0 Å². The monoisotopic (exact) mass is 224 g/mol. The Morgan fingerprint density at radius 1 is 1.00 bits per heavy atom. The number of carbonyl (C=O) groups excluding carboxylic acids is 1. The molecule has 0 heterocycles. The predicted octanol–water partition coefficient (Wildman–Crippen LogP) is 3.92. The van der Waals surface area contributed by atoms with Crippen molar-refractivity contribution in [3.63, 3.8) is 0 Å². The van der Waals surface area contributed by atoms with Gasteiger partial charge in [0.2, 0.25) is 0 Å². The van der Waals surface area contributed by atoms with Crippen LogP contribution >= 0.6 is 0 Å². The van der Waals surface area contributed by atoms with Crippen LogP contribution in [-0.2, 0) is 11.2 Å². The van der Waals surface area contributed by atoms with E-state index in [2.05, 4.69) is 42.5 Å². The van der Waals surface area contributed by atoms with Crippen molar-refractivity contribution in [1.29, 1.82) is 0 Å². The number of unbranched alkanes of at least 4 members (excludes halogenated alkanes) is 1. The van der Waals surface area contributed by atoms with Crippen molar-refractivity contribution in [3.8, 4) is 0 Å². The lowest BCUT2D eigenvalue weighted by Gasteiger charge is -2.05. The molecule has 1 nitrogen and oxygen atoms in total. The summed E-state index contributed by atoms with van der Waals surface area (Å²) in [4.78, 5) is 10.1. The van der Waals surface area contributed by atoms with Crippen LogP contribution in [0.5, 0.6) is 0 Å². The second kappa shape index (κ2) is 6.00. The van der Waals surface area contributed by atoms with Crippen molar-refractivity contribution < 1.29 is 4.79 Å². The third-order valence-corrected chi connectivity index (χ3v) is 2.91. The fraction of sp³-hybridized carbons (Fsp3) is 0.188. The predicted molar refractivity (Wildman–Crippen MR) is 72.1 cm³/mol. The van der Waals surface area contributed by atoms with Crippen molar-refractivity contribution in [2.75, 3.05) is 0 Å². The highest BCUT2D eigenvalue weighted by Gasteiger charge is 1.98. The van der Waals surface area contributed by atoms with E-state index in [1.165, 1.54) is 16.3 Å². The Kier molecular flexibility index (Phi) is 4.09. The van der Waals surface area contributed by atoms with Crippen molar-refractivity contribution in [2.24, 2.45) is 0 Å². The molecule has 0 aromatic heterocycles. The highest BCUT2D eigenvalue weighted by Crippen LogP contribution is 2.20. The summed E-state index contributed by atoms with van der Waals surface area (Å²) < 4.78 is 0. The first kappa shape index (κ1) is 11.6. The number of rotatable bonds is 5. The Balaban J connectivity index is 2.08. The van der Waals surface area contributed by atoms with Crippen LogP contribution < -0.4 is 0 Å². The molecule has 0 bridgehead atoms. The maximum atomic E-state index is 10.1. The molecule has 0 N–H and O–H groups in total. The van der Waals surface area contributed by atoms with Crippen molar-refractivity contribution >= 4 is 17.1 Å². The second-order valence-electron chi connectivity index (χ2n) is 4.09. The average molecular weight is 224 g/mol. The van der Waals surface area contributed by atoms with Crippen molar-refractivity contribution in [2.45, 2.75) is 19.3 Å². The molecule has 0 amide bonds. The fourth-order valence-electron chi connectivity index (χ4n) is 2.07. The van der Waals surface area contributed by atoms with Crippen LogP contribution in [0.15, 0.2) is 54.6 Å². The first-order valence-electron chi connectivity index (χ1n) is 5.99. The van der Waals surface area contributed by atoms with Gasteiger partial charge in [-0.3, -0.25) is 4.79 Å². The summed E-state index contributed by atoms with van der Waals surface area (Å²) in [6.07, 6.45) is 7.43. The molecule has 0 spiro atoms. The number of benzene rings is 2. The molecule has 0 atom stereocenters. The maximum absolute atomic E-state index is 10.1. The second-order valence-corrected chi connectivity index (χ2v) is 4.09. The third-order valence-electron chi connectivity index (χ3n) is 2.91. The molecule has 1 heteroatoms. The summed E-state index contributed by atoms with van der Waals surface area (Å²) >= 11 is 0. The van der Waals surface area contributed by atoms with E-state index in [1.54, 1.807) is 6.08 Å². The largest absolute Gasteiger partial charge is 0.299 e. The first-order chi connectivity index (χ1) is 8.42. The summed E-state index contributed by atoms with van der Waals surface area (Å²) in [6.45, 7) is 0. The third kappa shape index (κ3) is 3.04. The average Bonchev–Trinajstić information content (AvgIpc) is 2.39. The lowest BCUT2D eigenvalue weighted by atomic mass is 10.0. The number of aryl methyl sites for hydroxylation is 1. The molecule has 2 aromatic rings. The van der Waals surface area contributed by atoms with E-state index in [4.69, 9.17) is 0 Å². The molecule has 0 aliphatic rings. The quantitative estimate of drug-likeness (QED) is 0.427. The molecule has 0 saturated carbocycles. The van der Waals surface area contributed by atoms with Crippen LogP contribution in [0.3, 0.4) is 0 Å². The Hall–Kier alpha value is -1.89. The van der Waals surface area contributed by atoms with Gasteiger partial charge < -0.3 is 0 Å². The summed E-state index contributed by atoms with van der Waals surface area (Å²) in [6, 6.07) is 14.9. The van der Waals surface area contributed by atoms with Gasteiger partial charge in [0, 0.05) is 0 Å². The molecule has 0 fully saturated rings. The SMILES string of the molecule is O=CC=CCCCc1cccc2ccccc12. The topological polar surface area (TPSA) is 17.1 Å². The first-order valence-corrected chi connectivity index (χ1v) is 5.99. The van der Waals surface area contributed by atoms with E-state index in [1.807, 2.05) is 6.08 Å². The number of fused-ring (bicyclic) bond motifs is 1. The van der Waals surface area contributed by atoms with Gasteiger partial charge in [0.1, 0.15) is 6.29 Å². The van der Waals surface area contributed by atoms with Crippen LogP contribution in [0.1, 0.15) is 18.4 Å². The standard InChI is InChI=1S/C16H16O/c17-13-6-2-1-3-8-14-10-7-11-15-9-4-5-12-16(14)15/h2,4-7,9-13H,1,3,8H2. The summed E-state index contributed by atoms with van der Waals surface area (Å²) in [5.41, 5.74) is 1.39. The lowest BCUT2D eigenvalue weighted by Crippen LogP contribution is -1.86.